The van der Waals surface area contributed by atoms with Crippen LogP contribution in [-0.2, 0) is 16.1 Å². The average Bonchev–Trinajstić information content (AvgIpc) is 3.07. The summed E-state index contributed by atoms with van der Waals surface area (Å²) < 4.78 is 1.40. The molecule has 4 rings (SSSR count). The molecule has 0 fully saturated rings. The second-order valence-corrected chi connectivity index (χ2v) is 9.69. The Hall–Kier alpha value is -4.20. The topological polar surface area (TPSA) is 110 Å². The summed E-state index contributed by atoms with van der Waals surface area (Å²) in [6.45, 7) is 7.55. The lowest BCUT2D eigenvalue weighted by Gasteiger charge is -2.22. The van der Waals surface area contributed by atoms with Gasteiger partial charge in [-0.05, 0) is 72.2 Å². The Labute approximate surface area is 222 Å². The van der Waals surface area contributed by atoms with Crippen LogP contribution in [0.25, 0.3) is 28.0 Å². The highest BCUT2D eigenvalue weighted by Crippen LogP contribution is 2.35. The minimum absolute atomic E-state index is 0.0137. The molecule has 0 saturated carbocycles. The molecule has 0 radical (unpaired) electrons. The zero-order chi connectivity index (χ0) is 27.4. The molecule has 0 bridgehead atoms. The van der Waals surface area contributed by atoms with Gasteiger partial charge in [-0.3, -0.25) is 14.4 Å². The number of pyridine rings is 1. The number of amidine groups is 1. The first kappa shape index (κ1) is 26.9. The van der Waals surface area contributed by atoms with Crippen molar-refractivity contribution in [2.75, 3.05) is 20.1 Å². The van der Waals surface area contributed by atoms with E-state index in [0.29, 0.717) is 36.3 Å². The van der Waals surface area contributed by atoms with Crippen LogP contribution in [0.1, 0.15) is 44.2 Å². The molecule has 0 spiro atoms. The number of nitrogens with zero attached hydrogens (tertiary/aromatic N) is 3. The number of aliphatic imine (C=N–C) groups is 1. The van der Waals surface area contributed by atoms with Crippen molar-refractivity contribution in [1.29, 1.82) is 0 Å². The Bertz CT molecular complexity index is 1510. The summed E-state index contributed by atoms with van der Waals surface area (Å²) in [6.07, 6.45) is 5.68. The molecular weight excluding hydrogens is 478 g/mol. The Morgan fingerprint density at radius 3 is 2.50 bits per heavy atom. The van der Waals surface area contributed by atoms with Crippen LogP contribution in [0.3, 0.4) is 0 Å². The number of carbonyl (C=O) groups excluding carboxylic acids is 2. The zero-order valence-corrected chi connectivity index (χ0v) is 22.5. The van der Waals surface area contributed by atoms with Crippen LogP contribution in [-0.4, -0.2) is 47.3 Å². The van der Waals surface area contributed by atoms with E-state index in [1.165, 1.54) is 4.57 Å². The molecule has 3 N–H and O–H groups in total. The normalized spacial score (nSPS) is 12.8. The van der Waals surface area contributed by atoms with Crippen molar-refractivity contribution < 1.29 is 9.59 Å². The average molecular weight is 514 g/mol. The monoisotopic (exact) mass is 513 g/mol. The van der Waals surface area contributed by atoms with Gasteiger partial charge in [0.05, 0.1) is 5.69 Å². The highest BCUT2D eigenvalue weighted by atomic mass is 16.2. The quantitative estimate of drug-likeness (QED) is 0.472. The van der Waals surface area contributed by atoms with Crippen molar-refractivity contribution in [3.8, 4) is 11.1 Å². The number of hydrogen-bond donors (Lipinski definition) is 2. The molecule has 0 unspecified atom stereocenters. The van der Waals surface area contributed by atoms with Gasteiger partial charge in [-0.2, -0.15) is 0 Å². The van der Waals surface area contributed by atoms with E-state index >= 15 is 0 Å². The van der Waals surface area contributed by atoms with Crippen LogP contribution in [0, 0.1) is 6.92 Å². The van der Waals surface area contributed by atoms with Crippen LogP contribution in [0.2, 0.25) is 0 Å². The van der Waals surface area contributed by atoms with Gasteiger partial charge in [-0.15, -0.1) is 0 Å². The van der Waals surface area contributed by atoms with Crippen molar-refractivity contribution in [3.63, 3.8) is 0 Å². The molecule has 0 aliphatic carbocycles. The number of aryl methyl sites for hydroxylation is 1. The van der Waals surface area contributed by atoms with E-state index in [9.17, 15) is 14.4 Å². The third-order valence-electron chi connectivity index (χ3n) is 6.77. The molecule has 3 aromatic rings. The molecule has 1 aromatic heterocycles. The van der Waals surface area contributed by atoms with Crippen molar-refractivity contribution >= 4 is 40.2 Å². The second-order valence-electron chi connectivity index (χ2n) is 9.69. The largest absolute Gasteiger partial charge is 0.387 e. The van der Waals surface area contributed by atoms with Gasteiger partial charge >= 0.3 is 0 Å². The van der Waals surface area contributed by atoms with E-state index in [4.69, 9.17) is 5.73 Å². The first-order valence-electron chi connectivity index (χ1n) is 13.1. The molecule has 0 atom stereocenters. The van der Waals surface area contributed by atoms with Gasteiger partial charge in [0.1, 0.15) is 12.4 Å². The number of benzene rings is 2. The fourth-order valence-electron chi connectivity index (χ4n) is 4.86. The van der Waals surface area contributed by atoms with Crippen molar-refractivity contribution in [2.45, 2.75) is 46.6 Å². The minimum Gasteiger partial charge on any atom is -0.387 e. The Morgan fingerprint density at radius 2 is 1.82 bits per heavy atom. The van der Waals surface area contributed by atoms with Crippen LogP contribution in [0.5, 0.6) is 0 Å². The molecule has 38 heavy (non-hydrogen) atoms. The lowest BCUT2D eigenvalue weighted by Crippen LogP contribution is -2.34. The molecule has 198 valence electrons. The summed E-state index contributed by atoms with van der Waals surface area (Å²) in [5.74, 6) is 0.188. The SMILES string of the molecule is CCCN(CCC)C(=O)C1=Cc2c(C)cc(-c3ccc4c(=O)n(CC(=O)NC)ccc4c3)cc2N=C(N)C1. The predicted molar refractivity (Wildman–Crippen MR) is 153 cm³/mol. The molecule has 2 heterocycles. The minimum atomic E-state index is -0.231. The van der Waals surface area contributed by atoms with Gasteiger partial charge in [0, 0.05) is 49.3 Å². The molecular formula is C30H35N5O3. The molecule has 8 nitrogen and oxygen atoms in total. The van der Waals surface area contributed by atoms with E-state index in [1.807, 2.05) is 42.2 Å². The smallest absolute Gasteiger partial charge is 0.258 e. The first-order valence-corrected chi connectivity index (χ1v) is 13.1. The maximum Gasteiger partial charge on any atom is 0.258 e. The van der Waals surface area contributed by atoms with E-state index < -0.39 is 0 Å². The standard InChI is InChI=1S/C30H35N5O3/c1-5-10-34(11-6-2)29(37)23-15-25-19(3)13-22(16-26(25)33-27(31)17-23)20-7-8-24-21(14-20)9-12-35(30(24)38)18-28(36)32-4/h7-9,12-16H,5-6,10-11,17-18H2,1-4H3,(H2,31,33)(H,32,36). The van der Waals surface area contributed by atoms with Crippen molar-refractivity contribution in [3.05, 3.63) is 69.6 Å². The number of fused-ring (bicyclic) bond motifs is 2. The number of nitrogens with two attached hydrogens (primary N) is 1. The summed E-state index contributed by atoms with van der Waals surface area (Å²) in [6, 6.07) is 11.5. The van der Waals surface area contributed by atoms with Crippen molar-refractivity contribution in [2.24, 2.45) is 10.7 Å². The fraction of sp³-hybridized carbons (Fsp3) is 0.333. The molecule has 1 aliphatic heterocycles. The maximum atomic E-state index is 13.3. The first-order chi connectivity index (χ1) is 18.2. The summed E-state index contributed by atoms with van der Waals surface area (Å²) in [7, 11) is 1.54. The number of likely N-dealkylation sites (N-methyl/N-ethyl adjacent to an activating group) is 1. The summed E-state index contributed by atoms with van der Waals surface area (Å²) in [5.41, 5.74) is 11.2. The van der Waals surface area contributed by atoms with Crippen LogP contribution >= 0.6 is 0 Å². The molecule has 0 saturated heterocycles. The zero-order valence-electron chi connectivity index (χ0n) is 22.5. The third-order valence-corrected chi connectivity index (χ3v) is 6.77. The number of rotatable bonds is 8. The lowest BCUT2D eigenvalue weighted by molar-refractivity contribution is -0.127. The molecule has 1 aliphatic rings. The Balaban J connectivity index is 1.73. The second kappa shape index (κ2) is 11.5. The van der Waals surface area contributed by atoms with Gasteiger partial charge in [0.2, 0.25) is 11.8 Å². The summed E-state index contributed by atoms with van der Waals surface area (Å²) in [5, 5.41) is 3.87. The van der Waals surface area contributed by atoms with Crippen LogP contribution in [0.15, 0.2) is 58.0 Å². The maximum absolute atomic E-state index is 13.3. The molecule has 2 aromatic carbocycles. The van der Waals surface area contributed by atoms with Gasteiger partial charge in [-0.25, -0.2) is 4.99 Å². The Morgan fingerprint density at radius 1 is 1.08 bits per heavy atom. The fourth-order valence-corrected chi connectivity index (χ4v) is 4.86. The number of nitrogens with one attached hydrogen (secondary N) is 1. The highest BCUT2D eigenvalue weighted by Gasteiger charge is 2.22. The van der Waals surface area contributed by atoms with Crippen LogP contribution < -0.4 is 16.6 Å². The van der Waals surface area contributed by atoms with Gasteiger partial charge in [0.25, 0.3) is 5.56 Å². The van der Waals surface area contributed by atoms with Gasteiger partial charge < -0.3 is 20.5 Å². The number of aromatic nitrogens is 1. The van der Waals surface area contributed by atoms with E-state index in [1.54, 1.807) is 19.3 Å². The van der Waals surface area contributed by atoms with E-state index in [0.717, 1.165) is 46.2 Å². The summed E-state index contributed by atoms with van der Waals surface area (Å²) in [4.78, 5) is 44.5. The van der Waals surface area contributed by atoms with Crippen LogP contribution in [0.4, 0.5) is 5.69 Å². The number of carbonyl (C=O) groups is 2. The predicted octanol–water partition coefficient (Wildman–Crippen LogP) is 4.15. The summed E-state index contributed by atoms with van der Waals surface area (Å²) >= 11 is 0. The number of amides is 2. The molecule has 2 amide bonds. The van der Waals surface area contributed by atoms with Crippen molar-refractivity contribution in [1.82, 2.24) is 14.8 Å². The van der Waals surface area contributed by atoms with Gasteiger partial charge in [0.15, 0.2) is 0 Å². The van der Waals surface area contributed by atoms with E-state index in [2.05, 4.69) is 30.2 Å². The lowest BCUT2D eigenvalue weighted by atomic mass is 9.95. The number of hydrogen-bond acceptors (Lipinski definition) is 5. The Kier molecular flexibility index (Phi) is 8.10. The third kappa shape index (κ3) is 5.54. The van der Waals surface area contributed by atoms with E-state index in [-0.39, 0.29) is 23.9 Å². The van der Waals surface area contributed by atoms with Gasteiger partial charge in [-0.1, -0.05) is 26.0 Å². The highest BCUT2D eigenvalue weighted by molar-refractivity contribution is 6.06. The molecule has 8 heteroatoms.